The van der Waals surface area contributed by atoms with Crippen LogP contribution < -0.4 is 5.43 Å². The van der Waals surface area contributed by atoms with Crippen molar-refractivity contribution in [3.05, 3.63) is 70.1 Å². The number of nitrogens with one attached hydrogen (secondary N) is 1. The van der Waals surface area contributed by atoms with Crippen LogP contribution in [0.3, 0.4) is 0 Å². The number of hydrogen-bond donors (Lipinski definition) is 2. The van der Waals surface area contributed by atoms with Gasteiger partial charge >= 0.3 is 5.97 Å². The van der Waals surface area contributed by atoms with Crippen LogP contribution in [0.4, 0.5) is 0 Å². The summed E-state index contributed by atoms with van der Waals surface area (Å²) in [6.45, 7) is 1.79. The van der Waals surface area contributed by atoms with Gasteiger partial charge in [-0.2, -0.15) is 5.10 Å². The molecule has 1 aromatic carbocycles. The summed E-state index contributed by atoms with van der Waals surface area (Å²) in [4.78, 5) is 23.3. The van der Waals surface area contributed by atoms with E-state index in [0.717, 1.165) is 11.1 Å². The predicted octanol–water partition coefficient (Wildman–Crippen LogP) is 3.86. The Morgan fingerprint density at radius 3 is 2.48 bits per heavy atom. The second-order valence-electron chi connectivity index (χ2n) is 5.16. The van der Waals surface area contributed by atoms with Gasteiger partial charge in [-0.3, -0.25) is 4.79 Å². The molecule has 0 atom stereocenters. The van der Waals surface area contributed by atoms with Crippen LogP contribution in [0.2, 0.25) is 0 Å². The van der Waals surface area contributed by atoms with E-state index in [1.54, 1.807) is 37.3 Å². The third kappa shape index (κ3) is 3.84. The summed E-state index contributed by atoms with van der Waals surface area (Å²) in [7, 11) is 0. The molecule has 0 saturated carbocycles. The molecule has 0 fully saturated rings. The van der Waals surface area contributed by atoms with Crippen molar-refractivity contribution in [1.82, 2.24) is 5.43 Å². The van der Waals surface area contributed by atoms with Gasteiger partial charge < -0.3 is 9.52 Å². The largest absolute Gasteiger partial charge is 0.475 e. The molecule has 126 valence electrons. The molecule has 0 aliphatic heterocycles. The zero-order valence-electron chi connectivity index (χ0n) is 13.2. The highest BCUT2D eigenvalue weighted by Crippen LogP contribution is 2.22. The van der Waals surface area contributed by atoms with E-state index in [1.165, 1.54) is 17.4 Å². The number of aromatic carboxylic acids is 1. The number of rotatable bonds is 5. The van der Waals surface area contributed by atoms with E-state index < -0.39 is 5.97 Å². The van der Waals surface area contributed by atoms with Gasteiger partial charge in [0, 0.05) is 5.56 Å². The van der Waals surface area contributed by atoms with Crippen LogP contribution in [-0.2, 0) is 0 Å². The Morgan fingerprint density at radius 1 is 1.12 bits per heavy atom. The van der Waals surface area contributed by atoms with Crippen molar-refractivity contribution in [3.8, 4) is 11.3 Å². The lowest BCUT2D eigenvalue weighted by atomic mass is 10.1. The fourth-order valence-corrected chi connectivity index (χ4v) is 2.76. The first-order valence-electron chi connectivity index (χ1n) is 7.36. The van der Waals surface area contributed by atoms with Crippen LogP contribution in [0.15, 0.2) is 63.4 Å². The summed E-state index contributed by atoms with van der Waals surface area (Å²) >= 11 is 1.35. The Labute approximate surface area is 147 Å². The molecule has 25 heavy (non-hydrogen) atoms. The third-order valence-corrected chi connectivity index (χ3v) is 4.34. The topological polar surface area (TPSA) is 91.9 Å². The van der Waals surface area contributed by atoms with Crippen LogP contribution in [0.25, 0.3) is 11.3 Å². The lowest BCUT2D eigenvalue weighted by Gasteiger charge is -2.03. The molecule has 0 spiro atoms. The van der Waals surface area contributed by atoms with Crippen molar-refractivity contribution in [3.63, 3.8) is 0 Å². The standard InChI is InChI=1S/C18H14N2O4S/c1-11(19-20-17(21)16-3-2-10-25-16)12-4-6-13(7-5-12)14-8-9-15(24-14)18(22)23/h2-10H,1H3,(H,20,21)(H,22,23)/b19-11-. The quantitative estimate of drug-likeness (QED) is 0.537. The normalized spacial score (nSPS) is 11.3. The SMILES string of the molecule is C/C(=N/NC(=O)c1cccs1)c1ccc(-c2ccc(C(=O)O)o2)cc1. The third-order valence-electron chi connectivity index (χ3n) is 3.47. The molecule has 3 aromatic rings. The highest BCUT2D eigenvalue weighted by Gasteiger charge is 2.10. The minimum Gasteiger partial charge on any atom is -0.475 e. The van der Waals surface area contributed by atoms with Crippen molar-refractivity contribution in [1.29, 1.82) is 0 Å². The number of carbonyl (C=O) groups is 2. The summed E-state index contributed by atoms with van der Waals surface area (Å²) in [5, 5.41) is 14.8. The highest BCUT2D eigenvalue weighted by atomic mass is 32.1. The van der Waals surface area contributed by atoms with Crippen LogP contribution in [0.5, 0.6) is 0 Å². The first-order valence-corrected chi connectivity index (χ1v) is 8.24. The molecular formula is C18H14N2O4S. The summed E-state index contributed by atoms with van der Waals surface area (Å²) in [6, 6.07) is 13.8. The average Bonchev–Trinajstić information content (AvgIpc) is 3.31. The Balaban J connectivity index is 1.71. The fourth-order valence-electron chi connectivity index (χ4n) is 2.15. The minimum absolute atomic E-state index is 0.104. The second-order valence-corrected chi connectivity index (χ2v) is 6.11. The number of benzene rings is 1. The van der Waals surface area contributed by atoms with Crippen molar-refractivity contribution in [2.75, 3.05) is 0 Å². The first-order chi connectivity index (χ1) is 12.0. The molecule has 0 aliphatic rings. The van der Waals surface area contributed by atoms with Gasteiger partial charge in [-0.05, 0) is 36.1 Å². The number of hydrogen-bond acceptors (Lipinski definition) is 5. The Kier molecular flexibility index (Phi) is 4.76. The van der Waals surface area contributed by atoms with E-state index >= 15 is 0 Å². The van der Waals surface area contributed by atoms with Gasteiger partial charge in [0.15, 0.2) is 0 Å². The Morgan fingerprint density at radius 2 is 1.88 bits per heavy atom. The van der Waals surface area contributed by atoms with Gasteiger partial charge in [0.2, 0.25) is 5.76 Å². The number of carboxylic acids is 1. The van der Waals surface area contributed by atoms with Gasteiger partial charge in [-0.1, -0.05) is 30.3 Å². The van der Waals surface area contributed by atoms with Crippen LogP contribution in [-0.4, -0.2) is 22.7 Å². The molecule has 0 unspecified atom stereocenters. The first kappa shape index (κ1) is 16.7. The zero-order valence-corrected chi connectivity index (χ0v) is 14.0. The van der Waals surface area contributed by atoms with E-state index in [0.29, 0.717) is 16.3 Å². The van der Waals surface area contributed by atoms with Crippen LogP contribution in [0, 0.1) is 0 Å². The Hall–Kier alpha value is -3.19. The van der Waals surface area contributed by atoms with Gasteiger partial charge in [0.25, 0.3) is 5.91 Å². The molecule has 0 saturated heterocycles. The maximum absolute atomic E-state index is 11.9. The van der Waals surface area contributed by atoms with Crippen molar-refractivity contribution in [2.45, 2.75) is 6.92 Å². The summed E-state index contributed by atoms with van der Waals surface area (Å²) in [6.07, 6.45) is 0. The molecule has 0 aliphatic carbocycles. The van der Waals surface area contributed by atoms with E-state index in [2.05, 4.69) is 10.5 Å². The molecule has 2 aromatic heterocycles. The van der Waals surface area contributed by atoms with Crippen molar-refractivity contribution in [2.24, 2.45) is 5.10 Å². The fraction of sp³-hybridized carbons (Fsp3) is 0.0556. The molecule has 6 nitrogen and oxygen atoms in total. The Bertz CT molecular complexity index is 924. The van der Waals surface area contributed by atoms with Crippen molar-refractivity contribution < 1.29 is 19.1 Å². The smallest absolute Gasteiger partial charge is 0.371 e. The lowest BCUT2D eigenvalue weighted by Crippen LogP contribution is -2.18. The number of amides is 1. The van der Waals surface area contributed by atoms with Crippen molar-refractivity contribution >= 4 is 28.9 Å². The minimum atomic E-state index is -1.10. The monoisotopic (exact) mass is 354 g/mol. The van der Waals surface area contributed by atoms with Gasteiger partial charge in [0.05, 0.1) is 10.6 Å². The number of thiophene rings is 1. The maximum Gasteiger partial charge on any atom is 0.371 e. The lowest BCUT2D eigenvalue weighted by molar-refractivity contribution is 0.0663. The van der Waals surface area contributed by atoms with E-state index in [1.807, 2.05) is 17.5 Å². The number of nitrogens with zero attached hydrogens (tertiary/aromatic N) is 1. The number of hydrazone groups is 1. The van der Waals surface area contributed by atoms with E-state index in [4.69, 9.17) is 9.52 Å². The molecule has 0 radical (unpaired) electrons. The molecule has 2 heterocycles. The number of carbonyl (C=O) groups excluding carboxylic acids is 1. The summed E-state index contributed by atoms with van der Waals surface area (Å²) < 4.78 is 5.27. The summed E-state index contributed by atoms with van der Waals surface area (Å²) in [5.74, 6) is -0.979. The molecular weight excluding hydrogens is 340 g/mol. The zero-order chi connectivity index (χ0) is 17.8. The highest BCUT2D eigenvalue weighted by molar-refractivity contribution is 7.12. The van der Waals surface area contributed by atoms with Crippen LogP contribution in [0.1, 0.15) is 32.7 Å². The van der Waals surface area contributed by atoms with Gasteiger partial charge in [-0.25, -0.2) is 10.2 Å². The van der Waals surface area contributed by atoms with Gasteiger partial charge in [-0.15, -0.1) is 11.3 Å². The summed E-state index contributed by atoms with van der Waals surface area (Å²) in [5.41, 5.74) is 4.77. The molecule has 2 N–H and O–H groups in total. The predicted molar refractivity (Wildman–Crippen MR) is 95.1 cm³/mol. The molecule has 7 heteroatoms. The van der Waals surface area contributed by atoms with E-state index in [-0.39, 0.29) is 11.7 Å². The average molecular weight is 354 g/mol. The van der Waals surface area contributed by atoms with E-state index in [9.17, 15) is 9.59 Å². The van der Waals surface area contributed by atoms with Crippen LogP contribution >= 0.6 is 11.3 Å². The molecule has 0 bridgehead atoms. The van der Waals surface area contributed by atoms with Gasteiger partial charge in [0.1, 0.15) is 5.76 Å². The number of carboxylic acid groups (broad SMARTS) is 1. The molecule has 1 amide bonds. The number of furan rings is 1. The maximum atomic E-state index is 11.9. The second kappa shape index (κ2) is 7.14. The molecule has 3 rings (SSSR count).